The molecule has 0 saturated heterocycles. The van der Waals surface area contributed by atoms with E-state index in [1.807, 2.05) is 0 Å². The van der Waals surface area contributed by atoms with Crippen LogP contribution in [0.3, 0.4) is 0 Å². The topological polar surface area (TPSA) is 73.8 Å². The Morgan fingerprint density at radius 2 is 2.25 bits per heavy atom. The predicted molar refractivity (Wildman–Crippen MR) is 61.8 cm³/mol. The Bertz CT molecular complexity index is 594. The van der Waals surface area contributed by atoms with Gasteiger partial charge in [0.15, 0.2) is 0 Å². The molecule has 0 amide bonds. The summed E-state index contributed by atoms with van der Waals surface area (Å²) in [4.78, 5) is 19.8. The highest BCUT2D eigenvalue weighted by atomic mass is 35.5. The van der Waals surface area contributed by atoms with Crippen molar-refractivity contribution in [3.63, 3.8) is 0 Å². The number of anilines is 1. The van der Waals surface area contributed by atoms with E-state index in [0.29, 0.717) is 16.7 Å². The standard InChI is InChI=1S/C10H9ClN4O/c1-6-13-3-2-9(14-6)15-5-7(11)4-8(12)10(15)16/h2-5H,12H2,1H3. The van der Waals surface area contributed by atoms with E-state index in [0.717, 1.165) is 0 Å². The van der Waals surface area contributed by atoms with Crippen LogP contribution in [-0.4, -0.2) is 14.5 Å². The lowest BCUT2D eigenvalue weighted by Gasteiger charge is -2.06. The van der Waals surface area contributed by atoms with Gasteiger partial charge in [-0.1, -0.05) is 11.6 Å². The van der Waals surface area contributed by atoms with Crippen molar-refractivity contribution in [1.29, 1.82) is 0 Å². The number of hydrogen-bond donors (Lipinski definition) is 1. The summed E-state index contributed by atoms with van der Waals surface area (Å²) in [5, 5.41) is 0.383. The van der Waals surface area contributed by atoms with Gasteiger partial charge in [0, 0.05) is 12.4 Å². The fraction of sp³-hybridized carbons (Fsp3) is 0.100. The largest absolute Gasteiger partial charge is 0.394 e. The number of hydrogen-bond acceptors (Lipinski definition) is 4. The summed E-state index contributed by atoms with van der Waals surface area (Å²) in [5.74, 6) is 1.02. The first-order valence-electron chi connectivity index (χ1n) is 4.55. The molecule has 0 unspecified atom stereocenters. The monoisotopic (exact) mass is 236 g/mol. The minimum absolute atomic E-state index is 0.0868. The highest BCUT2D eigenvalue weighted by Crippen LogP contribution is 2.11. The lowest BCUT2D eigenvalue weighted by Crippen LogP contribution is -2.21. The second kappa shape index (κ2) is 3.94. The minimum atomic E-state index is -0.345. The lowest BCUT2D eigenvalue weighted by molar-refractivity contribution is 0.906. The number of nitrogens with two attached hydrogens (primary N) is 1. The quantitative estimate of drug-likeness (QED) is 0.807. The number of aromatic nitrogens is 3. The van der Waals surface area contributed by atoms with E-state index in [1.54, 1.807) is 19.2 Å². The smallest absolute Gasteiger partial charge is 0.279 e. The number of pyridine rings is 1. The summed E-state index contributed by atoms with van der Waals surface area (Å²) >= 11 is 5.83. The van der Waals surface area contributed by atoms with Crippen LogP contribution in [-0.2, 0) is 0 Å². The molecule has 0 spiro atoms. The number of rotatable bonds is 1. The first-order chi connectivity index (χ1) is 7.58. The van der Waals surface area contributed by atoms with Gasteiger partial charge in [-0.3, -0.25) is 9.36 Å². The third-order valence-corrected chi connectivity index (χ3v) is 2.23. The second-order valence-electron chi connectivity index (χ2n) is 3.25. The molecule has 2 aromatic heterocycles. The zero-order valence-corrected chi connectivity index (χ0v) is 9.27. The van der Waals surface area contributed by atoms with Gasteiger partial charge in [-0.25, -0.2) is 9.97 Å². The molecule has 5 nitrogen and oxygen atoms in total. The van der Waals surface area contributed by atoms with Crippen molar-refractivity contribution >= 4 is 17.3 Å². The molecule has 0 aromatic carbocycles. The summed E-state index contributed by atoms with van der Waals surface area (Å²) < 4.78 is 1.30. The van der Waals surface area contributed by atoms with Crippen LogP contribution in [0, 0.1) is 6.92 Å². The maximum Gasteiger partial charge on any atom is 0.279 e. The van der Waals surface area contributed by atoms with Crippen molar-refractivity contribution in [2.75, 3.05) is 5.73 Å². The van der Waals surface area contributed by atoms with Gasteiger partial charge in [-0.05, 0) is 19.1 Å². The van der Waals surface area contributed by atoms with Crippen LogP contribution in [0.15, 0.2) is 29.3 Å². The van der Waals surface area contributed by atoms with E-state index in [1.165, 1.54) is 16.8 Å². The fourth-order valence-corrected chi connectivity index (χ4v) is 1.53. The van der Waals surface area contributed by atoms with Crippen LogP contribution < -0.4 is 11.3 Å². The summed E-state index contributed by atoms with van der Waals surface area (Å²) in [6.07, 6.45) is 3.04. The van der Waals surface area contributed by atoms with Crippen LogP contribution >= 0.6 is 11.6 Å². The fourth-order valence-electron chi connectivity index (χ4n) is 1.32. The lowest BCUT2D eigenvalue weighted by atomic mass is 10.4. The third kappa shape index (κ3) is 1.90. The Hall–Kier alpha value is -1.88. The maximum absolute atomic E-state index is 11.8. The van der Waals surface area contributed by atoms with Crippen molar-refractivity contribution < 1.29 is 0 Å². The number of aryl methyl sites for hydroxylation is 1. The van der Waals surface area contributed by atoms with Crippen LogP contribution in [0.1, 0.15) is 5.82 Å². The highest BCUT2D eigenvalue weighted by molar-refractivity contribution is 6.30. The van der Waals surface area contributed by atoms with Crippen molar-refractivity contribution in [1.82, 2.24) is 14.5 Å². The third-order valence-electron chi connectivity index (χ3n) is 2.02. The Balaban J connectivity index is 2.69. The van der Waals surface area contributed by atoms with E-state index in [-0.39, 0.29) is 11.2 Å². The average Bonchev–Trinajstić information content (AvgIpc) is 2.23. The minimum Gasteiger partial charge on any atom is -0.394 e. The molecule has 0 aliphatic heterocycles. The SMILES string of the molecule is Cc1nccc(-n2cc(Cl)cc(N)c2=O)n1. The molecule has 2 heterocycles. The Labute approximate surface area is 96.5 Å². The molecule has 0 radical (unpaired) electrons. The molecule has 82 valence electrons. The van der Waals surface area contributed by atoms with Gasteiger partial charge in [-0.15, -0.1) is 0 Å². The zero-order chi connectivity index (χ0) is 11.7. The van der Waals surface area contributed by atoms with Crippen molar-refractivity contribution in [2.45, 2.75) is 6.92 Å². The average molecular weight is 237 g/mol. The van der Waals surface area contributed by atoms with Gasteiger partial charge in [0.1, 0.15) is 11.6 Å². The summed E-state index contributed by atoms with van der Waals surface area (Å²) in [7, 11) is 0. The zero-order valence-electron chi connectivity index (χ0n) is 8.51. The van der Waals surface area contributed by atoms with E-state index < -0.39 is 0 Å². The highest BCUT2D eigenvalue weighted by Gasteiger charge is 2.06. The van der Waals surface area contributed by atoms with Gasteiger partial charge in [-0.2, -0.15) is 0 Å². The Morgan fingerprint density at radius 3 is 2.94 bits per heavy atom. The Kier molecular flexibility index (Phi) is 2.62. The van der Waals surface area contributed by atoms with Crippen LogP contribution in [0.25, 0.3) is 5.82 Å². The molecular weight excluding hydrogens is 228 g/mol. The molecule has 0 atom stereocenters. The number of halogens is 1. The van der Waals surface area contributed by atoms with Crippen LogP contribution in [0.4, 0.5) is 5.69 Å². The van der Waals surface area contributed by atoms with Crippen LogP contribution in [0.2, 0.25) is 5.02 Å². The first kappa shape index (κ1) is 10.6. The molecule has 16 heavy (non-hydrogen) atoms. The van der Waals surface area contributed by atoms with Crippen molar-refractivity contribution in [3.05, 3.63) is 45.7 Å². The van der Waals surface area contributed by atoms with Crippen molar-refractivity contribution in [3.8, 4) is 5.82 Å². The van der Waals surface area contributed by atoms with Gasteiger partial charge >= 0.3 is 0 Å². The van der Waals surface area contributed by atoms with E-state index in [2.05, 4.69) is 9.97 Å². The molecular formula is C10H9ClN4O. The maximum atomic E-state index is 11.8. The Morgan fingerprint density at radius 1 is 1.50 bits per heavy atom. The van der Waals surface area contributed by atoms with E-state index >= 15 is 0 Å². The molecule has 0 aliphatic rings. The summed E-state index contributed by atoms with van der Waals surface area (Å²) in [6.45, 7) is 1.74. The number of nitrogens with zero attached hydrogens (tertiary/aromatic N) is 3. The van der Waals surface area contributed by atoms with Gasteiger partial charge in [0.25, 0.3) is 5.56 Å². The summed E-state index contributed by atoms with van der Waals surface area (Å²) in [5.41, 5.74) is 5.28. The van der Waals surface area contributed by atoms with Crippen LogP contribution in [0.5, 0.6) is 0 Å². The molecule has 2 rings (SSSR count). The van der Waals surface area contributed by atoms with E-state index in [4.69, 9.17) is 17.3 Å². The molecule has 6 heteroatoms. The van der Waals surface area contributed by atoms with Gasteiger partial charge in [0.2, 0.25) is 0 Å². The first-order valence-corrected chi connectivity index (χ1v) is 4.93. The van der Waals surface area contributed by atoms with Crippen molar-refractivity contribution in [2.24, 2.45) is 0 Å². The number of nitrogen functional groups attached to an aromatic ring is 1. The second-order valence-corrected chi connectivity index (χ2v) is 3.69. The van der Waals surface area contributed by atoms with Gasteiger partial charge in [0.05, 0.1) is 10.7 Å². The summed E-state index contributed by atoms with van der Waals surface area (Å²) in [6, 6.07) is 3.03. The van der Waals surface area contributed by atoms with Gasteiger partial charge < -0.3 is 5.73 Å². The molecule has 0 aliphatic carbocycles. The molecule has 2 N–H and O–H groups in total. The van der Waals surface area contributed by atoms with E-state index in [9.17, 15) is 4.79 Å². The molecule has 0 fully saturated rings. The molecule has 0 bridgehead atoms. The molecule has 0 saturated carbocycles. The molecule has 2 aromatic rings. The normalized spacial score (nSPS) is 10.4. The predicted octanol–water partition coefficient (Wildman–Crippen LogP) is 1.17.